The maximum absolute atomic E-state index is 10.6. The predicted molar refractivity (Wildman–Crippen MR) is 62.9 cm³/mol. The summed E-state index contributed by atoms with van der Waals surface area (Å²) in [6.45, 7) is 1.74. The van der Waals surface area contributed by atoms with Gasteiger partial charge in [0, 0.05) is 17.7 Å². The highest BCUT2D eigenvalue weighted by atomic mass is 35.5. The summed E-state index contributed by atoms with van der Waals surface area (Å²) in [7, 11) is 0. The standard InChI is InChI=1S/C11H9ClN2O3/c1-7(12)11-13-6-10(17-11)8-3-2-4-9(5-8)14(15)16/h2-7H,1H3. The fourth-order valence-electron chi connectivity index (χ4n) is 1.38. The van der Waals surface area contributed by atoms with Gasteiger partial charge in [-0.25, -0.2) is 4.98 Å². The number of hydrogen-bond acceptors (Lipinski definition) is 4. The first-order valence-electron chi connectivity index (χ1n) is 4.92. The molecule has 0 saturated carbocycles. The van der Waals surface area contributed by atoms with Crippen molar-refractivity contribution in [2.24, 2.45) is 0 Å². The van der Waals surface area contributed by atoms with Crippen LogP contribution in [-0.2, 0) is 0 Å². The Kier molecular flexibility index (Phi) is 3.10. The molecule has 0 spiro atoms. The van der Waals surface area contributed by atoms with Gasteiger partial charge in [-0.2, -0.15) is 0 Å². The zero-order valence-corrected chi connectivity index (χ0v) is 9.72. The van der Waals surface area contributed by atoms with E-state index in [0.717, 1.165) is 0 Å². The lowest BCUT2D eigenvalue weighted by Crippen LogP contribution is -1.87. The number of rotatable bonds is 3. The molecular formula is C11H9ClN2O3. The molecule has 17 heavy (non-hydrogen) atoms. The van der Waals surface area contributed by atoms with E-state index in [4.69, 9.17) is 16.0 Å². The highest BCUT2D eigenvalue weighted by Gasteiger charge is 2.13. The Bertz CT molecular complexity index is 551. The van der Waals surface area contributed by atoms with Crippen molar-refractivity contribution in [3.63, 3.8) is 0 Å². The van der Waals surface area contributed by atoms with Gasteiger partial charge in [0.05, 0.1) is 11.1 Å². The molecule has 1 atom stereocenters. The first kappa shape index (κ1) is 11.6. The van der Waals surface area contributed by atoms with Gasteiger partial charge in [-0.3, -0.25) is 10.1 Å². The molecule has 0 fully saturated rings. The Morgan fingerprint density at radius 2 is 2.29 bits per heavy atom. The third-order valence-electron chi connectivity index (χ3n) is 2.21. The van der Waals surface area contributed by atoms with Crippen LogP contribution >= 0.6 is 11.6 Å². The molecule has 0 aliphatic heterocycles. The number of benzene rings is 1. The summed E-state index contributed by atoms with van der Waals surface area (Å²) < 4.78 is 5.40. The van der Waals surface area contributed by atoms with E-state index in [1.165, 1.54) is 18.3 Å². The van der Waals surface area contributed by atoms with Crippen molar-refractivity contribution in [3.05, 3.63) is 46.5 Å². The highest BCUT2D eigenvalue weighted by Crippen LogP contribution is 2.27. The quantitative estimate of drug-likeness (QED) is 0.476. The monoisotopic (exact) mass is 252 g/mol. The number of alkyl halides is 1. The molecule has 0 radical (unpaired) electrons. The van der Waals surface area contributed by atoms with Gasteiger partial charge in [-0.15, -0.1) is 11.6 Å². The van der Waals surface area contributed by atoms with E-state index in [1.54, 1.807) is 19.1 Å². The molecule has 0 amide bonds. The van der Waals surface area contributed by atoms with Crippen molar-refractivity contribution in [3.8, 4) is 11.3 Å². The van der Waals surface area contributed by atoms with Gasteiger partial charge in [0.2, 0.25) is 5.89 Å². The first-order valence-corrected chi connectivity index (χ1v) is 5.36. The van der Waals surface area contributed by atoms with Crippen molar-refractivity contribution in [1.82, 2.24) is 4.98 Å². The van der Waals surface area contributed by atoms with Gasteiger partial charge in [-0.05, 0) is 6.92 Å². The van der Waals surface area contributed by atoms with Crippen molar-refractivity contribution < 1.29 is 9.34 Å². The maximum atomic E-state index is 10.6. The number of halogens is 1. The second kappa shape index (κ2) is 4.55. The van der Waals surface area contributed by atoms with Crippen LogP contribution in [0.5, 0.6) is 0 Å². The SMILES string of the molecule is CC(Cl)c1ncc(-c2cccc([N+](=O)[O-])c2)o1. The van der Waals surface area contributed by atoms with Crippen LogP contribution in [0.3, 0.4) is 0 Å². The summed E-state index contributed by atoms with van der Waals surface area (Å²) >= 11 is 5.82. The van der Waals surface area contributed by atoms with Crippen molar-refractivity contribution in [2.45, 2.75) is 12.3 Å². The normalized spacial score (nSPS) is 12.4. The van der Waals surface area contributed by atoms with Crippen molar-refractivity contribution in [1.29, 1.82) is 0 Å². The molecule has 2 rings (SSSR count). The van der Waals surface area contributed by atoms with Crippen LogP contribution in [0, 0.1) is 10.1 Å². The molecular weight excluding hydrogens is 244 g/mol. The van der Waals surface area contributed by atoms with Gasteiger partial charge < -0.3 is 4.42 Å². The zero-order valence-electron chi connectivity index (χ0n) is 8.96. The molecule has 0 aliphatic rings. The van der Waals surface area contributed by atoms with E-state index < -0.39 is 4.92 Å². The molecule has 0 saturated heterocycles. The van der Waals surface area contributed by atoms with Crippen molar-refractivity contribution in [2.75, 3.05) is 0 Å². The Balaban J connectivity index is 2.38. The molecule has 2 aromatic rings. The van der Waals surface area contributed by atoms with E-state index in [1.807, 2.05) is 0 Å². The topological polar surface area (TPSA) is 69.2 Å². The van der Waals surface area contributed by atoms with E-state index in [-0.39, 0.29) is 11.1 Å². The van der Waals surface area contributed by atoms with Crippen LogP contribution in [0.1, 0.15) is 18.2 Å². The Labute approximate surface area is 102 Å². The van der Waals surface area contributed by atoms with Crippen LogP contribution in [-0.4, -0.2) is 9.91 Å². The van der Waals surface area contributed by atoms with Crippen LogP contribution in [0.2, 0.25) is 0 Å². The molecule has 6 heteroatoms. The summed E-state index contributed by atoms with van der Waals surface area (Å²) in [6, 6.07) is 6.17. The van der Waals surface area contributed by atoms with Crippen LogP contribution in [0.15, 0.2) is 34.9 Å². The molecule has 0 bridgehead atoms. The minimum absolute atomic E-state index is 0.0133. The number of non-ortho nitro benzene ring substituents is 1. The Morgan fingerprint density at radius 3 is 2.88 bits per heavy atom. The third-order valence-corrected chi connectivity index (χ3v) is 2.39. The number of nitro groups is 1. The van der Waals surface area contributed by atoms with Gasteiger partial charge >= 0.3 is 0 Å². The van der Waals surface area contributed by atoms with Gasteiger partial charge in [-0.1, -0.05) is 12.1 Å². The average molecular weight is 253 g/mol. The third kappa shape index (κ3) is 2.45. The fourth-order valence-corrected chi connectivity index (χ4v) is 1.48. The van der Waals surface area contributed by atoms with Crippen molar-refractivity contribution >= 4 is 17.3 Å². The lowest BCUT2D eigenvalue weighted by molar-refractivity contribution is -0.384. The van der Waals surface area contributed by atoms with Crippen LogP contribution in [0.25, 0.3) is 11.3 Å². The highest BCUT2D eigenvalue weighted by molar-refractivity contribution is 6.20. The number of aromatic nitrogens is 1. The summed E-state index contributed by atoms with van der Waals surface area (Å²) in [5, 5.41) is 10.3. The smallest absolute Gasteiger partial charge is 0.270 e. The van der Waals surface area contributed by atoms with Crippen LogP contribution in [0.4, 0.5) is 5.69 Å². The largest absolute Gasteiger partial charge is 0.439 e. The molecule has 1 unspecified atom stereocenters. The lowest BCUT2D eigenvalue weighted by atomic mass is 10.2. The predicted octanol–water partition coefficient (Wildman–Crippen LogP) is 3.55. The van der Waals surface area contributed by atoms with Gasteiger partial charge in [0.1, 0.15) is 5.38 Å². The second-order valence-electron chi connectivity index (χ2n) is 3.49. The molecule has 0 N–H and O–H groups in total. The van der Waals surface area contributed by atoms with Gasteiger partial charge in [0.15, 0.2) is 5.76 Å². The molecule has 1 aromatic heterocycles. The number of oxazole rings is 1. The molecule has 88 valence electrons. The zero-order chi connectivity index (χ0) is 12.4. The first-order chi connectivity index (χ1) is 8.08. The number of nitrogens with zero attached hydrogens (tertiary/aromatic N) is 2. The summed E-state index contributed by atoms with van der Waals surface area (Å²) in [6.07, 6.45) is 1.51. The van der Waals surface area contributed by atoms with Gasteiger partial charge in [0.25, 0.3) is 5.69 Å². The van der Waals surface area contributed by atoms with E-state index in [2.05, 4.69) is 4.98 Å². The fraction of sp³-hybridized carbons (Fsp3) is 0.182. The minimum Gasteiger partial charge on any atom is -0.439 e. The Hall–Kier alpha value is -1.88. The Morgan fingerprint density at radius 1 is 1.53 bits per heavy atom. The second-order valence-corrected chi connectivity index (χ2v) is 4.14. The van der Waals surface area contributed by atoms with E-state index >= 15 is 0 Å². The molecule has 0 aliphatic carbocycles. The minimum atomic E-state index is -0.453. The molecule has 5 nitrogen and oxygen atoms in total. The summed E-state index contributed by atoms with van der Waals surface area (Å²) in [5.74, 6) is 0.865. The molecule has 1 heterocycles. The van der Waals surface area contributed by atoms with E-state index in [9.17, 15) is 10.1 Å². The lowest BCUT2D eigenvalue weighted by Gasteiger charge is -1.97. The van der Waals surface area contributed by atoms with E-state index in [0.29, 0.717) is 17.2 Å². The number of nitro benzene ring substituents is 1. The van der Waals surface area contributed by atoms with Crippen LogP contribution < -0.4 is 0 Å². The summed E-state index contributed by atoms with van der Waals surface area (Å²) in [5.41, 5.74) is 0.620. The average Bonchev–Trinajstić information content (AvgIpc) is 2.78. The molecule has 1 aromatic carbocycles. The number of hydrogen-bond donors (Lipinski definition) is 0. The summed E-state index contributed by atoms with van der Waals surface area (Å²) in [4.78, 5) is 14.2. The maximum Gasteiger partial charge on any atom is 0.270 e.